The largest absolute Gasteiger partial charge is 0.508 e. The summed E-state index contributed by atoms with van der Waals surface area (Å²) in [6, 6.07) is 3.51. The highest BCUT2D eigenvalue weighted by molar-refractivity contribution is 6.32. The van der Waals surface area contributed by atoms with Crippen molar-refractivity contribution in [2.75, 3.05) is 37.7 Å². The van der Waals surface area contributed by atoms with Gasteiger partial charge in [0.2, 0.25) is 0 Å². The number of alkyl halides is 1. The molecule has 42 heavy (non-hydrogen) atoms. The number of hydrogen-bond donors (Lipinski definition) is 2. The molecule has 2 N–H and O–H groups in total. The zero-order valence-electron chi connectivity index (χ0n) is 23.2. The van der Waals surface area contributed by atoms with Crippen LogP contribution in [0.25, 0.3) is 22.2 Å². The maximum absolute atomic E-state index is 16.6. The van der Waals surface area contributed by atoms with E-state index in [0.717, 1.165) is 58.2 Å². The summed E-state index contributed by atoms with van der Waals surface area (Å²) in [6.45, 7) is 2.96. The lowest BCUT2D eigenvalue weighted by molar-refractivity contribution is 0.107. The van der Waals surface area contributed by atoms with Crippen LogP contribution in [-0.4, -0.2) is 87.6 Å². The molecule has 4 aliphatic heterocycles. The Bertz CT molecular complexity index is 1550. The van der Waals surface area contributed by atoms with E-state index >= 15 is 4.39 Å². The van der Waals surface area contributed by atoms with Crippen LogP contribution < -0.4 is 19.7 Å². The van der Waals surface area contributed by atoms with Gasteiger partial charge in [0.25, 0.3) is 0 Å². The first-order valence-corrected chi connectivity index (χ1v) is 15.3. The van der Waals surface area contributed by atoms with Crippen molar-refractivity contribution in [1.29, 1.82) is 0 Å². The Morgan fingerprint density at radius 3 is 2.71 bits per heavy atom. The SMILES string of the molecule is Oc1cc(Cl)c(OC2CC2)c(-c2ncc3c(N4CC5CCC(C4)N5)nc(OC[C@@]45CCCN4C[C@H](F)C5)nc3c2F)c1. The van der Waals surface area contributed by atoms with E-state index < -0.39 is 12.0 Å². The van der Waals surface area contributed by atoms with Gasteiger partial charge in [0, 0.05) is 50.4 Å². The minimum atomic E-state index is -0.884. The van der Waals surface area contributed by atoms with Crippen molar-refractivity contribution in [3.05, 3.63) is 29.2 Å². The number of nitrogens with zero attached hydrogens (tertiary/aromatic N) is 5. The summed E-state index contributed by atoms with van der Waals surface area (Å²) in [6.07, 6.45) is 6.88. The summed E-state index contributed by atoms with van der Waals surface area (Å²) in [7, 11) is 0. The van der Waals surface area contributed by atoms with E-state index in [1.807, 2.05) is 0 Å². The predicted molar refractivity (Wildman–Crippen MR) is 154 cm³/mol. The van der Waals surface area contributed by atoms with Gasteiger partial charge in [0.15, 0.2) is 5.82 Å². The lowest BCUT2D eigenvalue weighted by Gasteiger charge is -2.34. The number of anilines is 1. The summed E-state index contributed by atoms with van der Waals surface area (Å²) < 4.78 is 43.2. The monoisotopic (exact) mass is 598 g/mol. The van der Waals surface area contributed by atoms with Crippen molar-refractivity contribution >= 4 is 28.3 Å². The van der Waals surface area contributed by atoms with E-state index in [0.29, 0.717) is 36.3 Å². The minimum absolute atomic E-state index is 0.000329. The van der Waals surface area contributed by atoms with Crippen molar-refractivity contribution in [2.24, 2.45) is 0 Å². The molecular weight excluding hydrogens is 566 g/mol. The van der Waals surface area contributed by atoms with Gasteiger partial charge in [-0.25, -0.2) is 8.78 Å². The molecule has 2 aromatic heterocycles. The number of phenols is 1. The maximum atomic E-state index is 16.6. The Labute approximate surface area is 247 Å². The normalized spacial score (nSPS) is 28.9. The molecule has 4 atom stereocenters. The van der Waals surface area contributed by atoms with Gasteiger partial charge in [0.05, 0.1) is 27.6 Å². The fourth-order valence-electron chi connectivity index (χ4n) is 7.36. The van der Waals surface area contributed by atoms with Crippen LogP contribution in [0.2, 0.25) is 5.02 Å². The molecule has 5 fully saturated rings. The average molecular weight is 599 g/mol. The second kappa shape index (κ2) is 10.0. The van der Waals surface area contributed by atoms with Crippen molar-refractivity contribution in [3.63, 3.8) is 0 Å². The summed E-state index contributed by atoms with van der Waals surface area (Å²) in [5.41, 5.74) is -0.0853. The number of rotatable bonds is 7. The Kier molecular flexibility index (Phi) is 6.35. The lowest BCUT2D eigenvalue weighted by Crippen LogP contribution is -2.51. The number of aromatic nitrogens is 3. The first-order valence-electron chi connectivity index (χ1n) is 14.9. The third-order valence-electron chi connectivity index (χ3n) is 9.48. The Balaban J connectivity index is 1.22. The van der Waals surface area contributed by atoms with Gasteiger partial charge in [-0.2, -0.15) is 9.97 Å². The fraction of sp³-hybridized carbons (Fsp3) is 0.567. The second-order valence-electron chi connectivity index (χ2n) is 12.5. The van der Waals surface area contributed by atoms with E-state index in [1.54, 1.807) is 6.20 Å². The lowest BCUT2D eigenvalue weighted by atomic mass is 9.95. The Hall–Kier alpha value is -3.02. The molecule has 9 nitrogen and oxygen atoms in total. The minimum Gasteiger partial charge on any atom is -0.508 e. The first-order chi connectivity index (χ1) is 20.3. The van der Waals surface area contributed by atoms with Crippen LogP contribution in [0.1, 0.15) is 44.9 Å². The number of ether oxygens (including phenoxy) is 2. The topological polar surface area (TPSA) is 95.9 Å². The Morgan fingerprint density at radius 1 is 1.12 bits per heavy atom. The molecule has 0 amide bonds. The molecule has 222 valence electrons. The molecule has 2 bridgehead atoms. The molecule has 4 saturated heterocycles. The number of halogens is 3. The fourth-order valence-corrected chi connectivity index (χ4v) is 7.62. The van der Waals surface area contributed by atoms with Crippen LogP contribution in [0.4, 0.5) is 14.6 Å². The number of nitrogens with one attached hydrogen (secondary N) is 1. The van der Waals surface area contributed by atoms with Gasteiger partial charge in [-0.15, -0.1) is 0 Å². The predicted octanol–water partition coefficient (Wildman–Crippen LogP) is 4.63. The molecule has 3 aromatic rings. The number of hydrogen-bond acceptors (Lipinski definition) is 9. The highest BCUT2D eigenvalue weighted by atomic mass is 35.5. The van der Waals surface area contributed by atoms with Crippen molar-refractivity contribution < 1.29 is 23.4 Å². The van der Waals surface area contributed by atoms with Crippen LogP contribution in [-0.2, 0) is 0 Å². The summed E-state index contributed by atoms with van der Waals surface area (Å²) >= 11 is 6.45. The molecule has 1 aromatic carbocycles. The molecule has 5 aliphatic rings. The molecule has 0 spiro atoms. The average Bonchev–Trinajstić information content (AvgIpc) is 3.50. The van der Waals surface area contributed by atoms with E-state index in [1.165, 1.54) is 12.1 Å². The molecule has 2 unspecified atom stereocenters. The van der Waals surface area contributed by atoms with E-state index in [9.17, 15) is 9.50 Å². The smallest absolute Gasteiger partial charge is 0.319 e. The van der Waals surface area contributed by atoms with Crippen LogP contribution in [0.3, 0.4) is 0 Å². The Morgan fingerprint density at radius 2 is 1.93 bits per heavy atom. The highest BCUT2D eigenvalue weighted by Crippen LogP contribution is 2.44. The number of phenolic OH excluding ortho intramolecular Hbond substituents is 1. The van der Waals surface area contributed by atoms with Crippen LogP contribution in [0.5, 0.6) is 17.5 Å². The van der Waals surface area contributed by atoms with Gasteiger partial charge in [-0.05, 0) is 51.1 Å². The summed E-state index contributed by atoms with van der Waals surface area (Å²) in [5, 5.41) is 14.6. The molecule has 8 rings (SSSR count). The highest BCUT2D eigenvalue weighted by Gasteiger charge is 2.49. The number of fused-ring (bicyclic) bond motifs is 4. The van der Waals surface area contributed by atoms with Crippen molar-refractivity contribution in [1.82, 2.24) is 25.2 Å². The number of aromatic hydroxyl groups is 1. The molecule has 12 heteroatoms. The van der Waals surface area contributed by atoms with E-state index in [2.05, 4.69) is 25.1 Å². The van der Waals surface area contributed by atoms with Gasteiger partial charge in [0.1, 0.15) is 41.3 Å². The molecule has 0 radical (unpaired) electrons. The standard InChI is InChI=1S/C30H33ClF2N6O3/c31-23-9-19(40)8-21(27(23)42-20-4-5-20)25-24(33)26-22(11-34-25)28(38-13-17-2-3-18(14-38)35-17)37-29(36-26)41-15-30-6-1-7-39(30)12-16(32)10-30/h8-9,11,16-18,20,35,40H,1-7,10,12-15H2/t16-,17?,18?,30+/m1/s1. The van der Waals surface area contributed by atoms with Gasteiger partial charge >= 0.3 is 6.01 Å². The van der Waals surface area contributed by atoms with Crippen LogP contribution in [0, 0.1) is 5.82 Å². The maximum Gasteiger partial charge on any atom is 0.319 e. The zero-order valence-corrected chi connectivity index (χ0v) is 23.9. The summed E-state index contributed by atoms with van der Waals surface area (Å²) in [4.78, 5) is 18.2. The second-order valence-corrected chi connectivity index (χ2v) is 12.9. The third-order valence-corrected chi connectivity index (χ3v) is 9.76. The van der Waals surface area contributed by atoms with Crippen LogP contribution >= 0.6 is 11.6 Å². The number of benzene rings is 1. The van der Waals surface area contributed by atoms with Crippen LogP contribution in [0.15, 0.2) is 18.3 Å². The van der Waals surface area contributed by atoms with Gasteiger partial charge < -0.3 is 24.8 Å². The molecular formula is C30H33ClF2N6O3. The number of piperazine rings is 1. The van der Waals surface area contributed by atoms with Crippen molar-refractivity contribution in [2.45, 2.75) is 74.8 Å². The first kappa shape index (κ1) is 26.6. The molecule has 1 saturated carbocycles. The molecule has 1 aliphatic carbocycles. The number of pyridine rings is 1. The zero-order chi connectivity index (χ0) is 28.6. The summed E-state index contributed by atoms with van der Waals surface area (Å²) in [5.74, 6) is 0.0675. The van der Waals surface area contributed by atoms with Gasteiger partial charge in [-0.3, -0.25) is 9.88 Å². The van der Waals surface area contributed by atoms with E-state index in [-0.39, 0.29) is 57.6 Å². The molecule has 6 heterocycles. The third kappa shape index (κ3) is 4.60. The quantitative estimate of drug-likeness (QED) is 0.404. The van der Waals surface area contributed by atoms with Crippen molar-refractivity contribution in [3.8, 4) is 28.8 Å². The van der Waals surface area contributed by atoms with E-state index in [4.69, 9.17) is 26.1 Å². The van der Waals surface area contributed by atoms with Gasteiger partial charge in [-0.1, -0.05) is 11.6 Å².